The zero-order chi connectivity index (χ0) is 12.8. The molecule has 2 aliphatic carbocycles. The predicted molar refractivity (Wildman–Crippen MR) is 80.1 cm³/mol. The molecule has 0 aromatic rings. The first kappa shape index (κ1) is 14.5. The first-order chi connectivity index (χ1) is 8.80. The summed E-state index contributed by atoms with van der Waals surface area (Å²) in [5.74, 6) is 0. The van der Waals surface area contributed by atoms with Gasteiger partial charge in [-0.25, -0.2) is 0 Å². The van der Waals surface area contributed by atoms with Crippen molar-refractivity contribution in [3.05, 3.63) is 0 Å². The van der Waals surface area contributed by atoms with E-state index in [9.17, 15) is 0 Å². The van der Waals surface area contributed by atoms with Crippen molar-refractivity contribution in [2.75, 3.05) is 7.11 Å². The van der Waals surface area contributed by atoms with Crippen LogP contribution in [0.15, 0.2) is 0 Å². The van der Waals surface area contributed by atoms with Crippen molar-refractivity contribution in [2.24, 2.45) is 0 Å². The van der Waals surface area contributed by atoms with Crippen LogP contribution in [0.2, 0.25) is 11.6 Å². The normalized spacial score (nSPS) is 26.3. The first-order valence-corrected chi connectivity index (χ1v) is 10.3. The number of nitrogens with one attached hydrogen (secondary N) is 1. The van der Waals surface area contributed by atoms with Gasteiger partial charge in [-0.2, -0.15) is 0 Å². The highest BCUT2D eigenvalue weighted by molar-refractivity contribution is 6.72. The third kappa shape index (κ3) is 3.37. The van der Waals surface area contributed by atoms with Crippen molar-refractivity contribution in [3.63, 3.8) is 0 Å². The van der Waals surface area contributed by atoms with Gasteiger partial charge in [0.05, 0.1) is 0 Å². The van der Waals surface area contributed by atoms with Crippen LogP contribution in [0.3, 0.4) is 0 Å². The Hall–Kier alpha value is 0.137. The molecule has 0 spiro atoms. The zero-order valence-electron chi connectivity index (χ0n) is 12.3. The van der Waals surface area contributed by atoms with Crippen molar-refractivity contribution < 1.29 is 4.43 Å². The molecule has 1 N–H and O–H groups in total. The quantitative estimate of drug-likeness (QED) is 0.724. The van der Waals surface area contributed by atoms with Crippen molar-refractivity contribution in [3.8, 4) is 0 Å². The van der Waals surface area contributed by atoms with Crippen molar-refractivity contribution in [2.45, 2.75) is 88.8 Å². The lowest BCUT2D eigenvalue weighted by Crippen LogP contribution is -2.59. The molecule has 0 aromatic heterocycles. The molecule has 2 rings (SSSR count). The minimum Gasteiger partial charge on any atom is -0.406 e. The molecule has 1 atom stereocenters. The Bertz CT molecular complexity index is 237. The van der Waals surface area contributed by atoms with Crippen LogP contribution in [-0.4, -0.2) is 21.6 Å². The summed E-state index contributed by atoms with van der Waals surface area (Å²) in [6.07, 6.45) is 14.0. The predicted octanol–water partition coefficient (Wildman–Crippen LogP) is 4.35. The van der Waals surface area contributed by atoms with E-state index >= 15 is 0 Å². The highest BCUT2D eigenvalue weighted by Gasteiger charge is 2.44. The standard InChI is InChI=1S/C15H31NOSi/c1-3-13-18(17-2,15-11-5-4-6-12-15)16-14-9-7-8-10-14/h14-16H,3-13H2,1-2H3. The molecule has 0 bridgehead atoms. The zero-order valence-corrected chi connectivity index (χ0v) is 13.3. The minimum absolute atomic E-state index is 0.769. The Balaban J connectivity index is 2.03. The smallest absolute Gasteiger partial charge is 0.271 e. The Morgan fingerprint density at radius 3 is 2.17 bits per heavy atom. The molecule has 0 aromatic carbocycles. The maximum absolute atomic E-state index is 6.21. The summed E-state index contributed by atoms with van der Waals surface area (Å²) in [6, 6.07) is 2.08. The molecular formula is C15H31NOSi. The third-order valence-corrected chi connectivity index (χ3v) is 9.82. The maximum Gasteiger partial charge on any atom is 0.271 e. The van der Waals surface area contributed by atoms with Gasteiger partial charge in [-0.15, -0.1) is 0 Å². The molecular weight excluding hydrogens is 238 g/mol. The lowest BCUT2D eigenvalue weighted by atomic mass is 10.0. The monoisotopic (exact) mass is 269 g/mol. The fourth-order valence-corrected chi connectivity index (χ4v) is 8.58. The molecule has 2 nitrogen and oxygen atoms in total. The van der Waals surface area contributed by atoms with E-state index in [0.717, 1.165) is 11.6 Å². The Labute approximate surface area is 114 Å². The summed E-state index contributed by atoms with van der Waals surface area (Å²) in [7, 11) is 0.301. The van der Waals surface area contributed by atoms with Crippen LogP contribution in [0.4, 0.5) is 0 Å². The van der Waals surface area contributed by atoms with Crippen LogP contribution in [0.25, 0.3) is 0 Å². The van der Waals surface area contributed by atoms with Gasteiger partial charge in [-0.05, 0) is 37.3 Å². The van der Waals surface area contributed by atoms with Gasteiger partial charge >= 0.3 is 0 Å². The van der Waals surface area contributed by atoms with E-state index in [1.807, 2.05) is 7.11 Å². The molecule has 0 amide bonds. The molecule has 18 heavy (non-hydrogen) atoms. The van der Waals surface area contributed by atoms with Crippen LogP contribution in [0, 0.1) is 0 Å². The topological polar surface area (TPSA) is 21.3 Å². The van der Waals surface area contributed by atoms with E-state index in [-0.39, 0.29) is 0 Å². The fourth-order valence-electron chi connectivity index (χ4n) is 4.08. The molecule has 0 saturated heterocycles. The van der Waals surface area contributed by atoms with E-state index in [0.29, 0.717) is 0 Å². The average molecular weight is 270 g/mol. The van der Waals surface area contributed by atoms with Gasteiger partial charge in [0.1, 0.15) is 0 Å². The van der Waals surface area contributed by atoms with Gasteiger partial charge in [0.15, 0.2) is 0 Å². The van der Waals surface area contributed by atoms with E-state index < -0.39 is 8.48 Å². The fraction of sp³-hybridized carbons (Fsp3) is 1.00. The van der Waals surface area contributed by atoms with Gasteiger partial charge in [0.2, 0.25) is 0 Å². The molecule has 2 aliphatic rings. The second kappa shape index (κ2) is 7.06. The highest BCUT2D eigenvalue weighted by atomic mass is 28.4. The van der Waals surface area contributed by atoms with Gasteiger partial charge in [0, 0.05) is 13.2 Å². The Kier molecular flexibility index (Phi) is 5.71. The highest BCUT2D eigenvalue weighted by Crippen LogP contribution is 2.39. The first-order valence-electron chi connectivity index (χ1n) is 8.13. The average Bonchev–Trinajstić information content (AvgIpc) is 2.92. The van der Waals surface area contributed by atoms with Crippen LogP contribution in [-0.2, 0) is 4.43 Å². The second-order valence-electron chi connectivity index (χ2n) is 6.30. The summed E-state index contributed by atoms with van der Waals surface area (Å²) in [4.78, 5) is 4.07. The minimum atomic E-state index is -1.68. The molecule has 0 radical (unpaired) electrons. The van der Waals surface area contributed by atoms with Gasteiger partial charge in [-0.3, -0.25) is 0 Å². The van der Waals surface area contributed by atoms with E-state index in [1.54, 1.807) is 0 Å². The van der Waals surface area contributed by atoms with Crippen LogP contribution < -0.4 is 4.98 Å². The summed E-state index contributed by atoms with van der Waals surface area (Å²) in [6.45, 7) is 2.32. The molecule has 2 saturated carbocycles. The third-order valence-electron chi connectivity index (χ3n) is 5.05. The van der Waals surface area contributed by atoms with Gasteiger partial charge < -0.3 is 9.41 Å². The number of hydrogen-bond donors (Lipinski definition) is 1. The molecule has 0 aliphatic heterocycles. The van der Waals surface area contributed by atoms with Crippen LogP contribution in [0.5, 0.6) is 0 Å². The number of hydrogen-bond acceptors (Lipinski definition) is 2. The summed E-state index contributed by atoms with van der Waals surface area (Å²) in [5, 5.41) is 0. The van der Waals surface area contributed by atoms with Crippen LogP contribution >= 0.6 is 0 Å². The van der Waals surface area contributed by atoms with E-state index in [2.05, 4.69) is 11.9 Å². The summed E-state index contributed by atoms with van der Waals surface area (Å²) in [5.41, 5.74) is 0.872. The molecule has 106 valence electrons. The SMILES string of the molecule is CCC[Si](NC1CCCC1)(OC)C1CCCCC1. The van der Waals surface area contributed by atoms with Crippen LogP contribution in [0.1, 0.15) is 71.1 Å². The number of rotatable bonds is 6. The van der Waals surface area contributed by atoms with Gasteiger partial charge in [0.25, 0.3) is 8.48 Å². The summed E-state index contributed by atoms with van der Waals surface area (Å²) < 4.78 is 6.21. The second-order valence-corrected chi connectivity index (χ2v) is 10.1. The lowest BCUT2D eigenvalue weighted by molar-refractivity contribution is 0.326. The van der Waals surface area contributed by atoms with E-state index in [4.69, 9.17) is 4.43 Å². The van der Waals surface area contributed by atoms with Gasteiger partial charge in [-0.1, -0.05) is 45.4 Å². The molecule has 0 heterocycles. The summed E-state index contributed by atoms with van der Waals surface area (Å²) >= 11 is 0. The largest absolute Gasteiger partial charge is 0.406 e. The maximum atomic E-state index is 6.21. The molecule has 3 heteroatoms. The van der Waals surface area contributed by atoms with Crippen molar-refractivity contribution in [1.29, 1.82) is 0 Å². The van der Waals surface area contributed by atoms with Crippen molar-refractivity contribution in [1.82, 2.24) is 4.98 Å². The van der Waals surface area contributed by atoms with E-state index in [1.165, 1.54) is 70.3 Å². The van der Waals surface area contributed by atoms with Crippen molar-refractivity contribution >= 4 is 8.48 Å². The molecule has 1 unspecified atom stereocenters. The molecule has 2 fully saturated rings. The Morgan fingerprint density at radius 1 is 1.00 bits per heavy atom. The lowest BCUT2D eigenvalue weighted by Gasteiger charge is -2.41. The Morgan fingerprint density at radius 2 is 1.61 bits per heavy atom.